The van der Waals surface area contributed by atoms with E-state index < -0.39 is 11.7 Å². The summed E-state index contributed by atoms with van der Waals surface area (Å²) >= 11 is 0. The Labute approximate surface area is 170 Å². The fourth-order valence-electron chi connectivity index (χ4n) is 3.83. The van der Waals surface area contributed by atoms with Crippen molar-refractivity contribution in [1.82, 2.24) is 0 Å². The first-order valence-electron chi connectivity index (χ1n) is 11.5. The molecule has 0 bridgehead atoms. The topological polar surface area (TPSA) is 40.5 Å². The predicted molar refractivity (Wildman–Crippen MR) is 119 cm³/mol. The maximum atomic E-state index is 10.5. The first kappa shape index (κ1) is 26.5. The van der Waals surface area contributed by atoms with Crippen LogP contribution in [0.5, 0.6) is 0 Å². The molecule has 2 N–H and O–H groups in total. The minimum atomic E-state index is -0.971. The molecule has 2 heteroatoms. The van der Waals surface area contributed by atoms with E-state index in [1.165, 1.54) is 38.5 Å². The van der Waals surface area contributed by atoms with Gasteiger partial charge in [0.25, 0.3) is 0 Å². The molecule has 0 aliphatic carbocycles. The first-order valence-corrected chi connectivity index (χ1v) is 11.5. The van der Waals surface area contributed by atoms with E-state index in [9.17, 15) is 10.2 Å². The smallest absolute Gasteiger partial charge is 0.0877 e. The van der Waals surface area contributed by atoms with Crippen LogP contribution in [0.25, 0.3) is 0 Å². The summed E-state index contributed by atoms with van der Waals surface area (Å²) in [4.78, 5) is 0. The molecule has 0 aliphatic rings. The van der Waals surface area contributed by atoms with Crippen LogP contribution < -0.4 is 0 Å². The van der Waals surface area contributed by atoms with E-state index >= 15 is 0 Å². The number of terminal acetylenes is 1. The van der Waals surface area contributed by atoms with E-state index in [0.29, 0.717) is 18.8 Å². The van der Waals surface area contributed by atoms with E-state index in [0.717, 1.165) is 43.9 Å². The minimum Gasteiger partial charge on any atom is -0.390 e. The highest BCUT2D eigenvalue weighted by molar-refractivity contribution is 4.85. The second kappa shape index (κ2) is 15.4. The molecule has 0 amide bonds. The number of rotatable bonds is 17. The molecule has 0 aliphatic heterocycles. The Hall–Kier alpha value is -0.520. The van der Waals surface area contributed by atoms with Gasteiger partial charge >= 0.3 is 0 Å². The fraction of sp³-hybridized carbons (Fsp3) is 0.920. The van der Waals surface area contributed by atoms with Gasteiger partial charge in [-0.15, -0.1) is 12.3 Å². The van der Waals surface area contributed by atoms with Crippen LogP contribution in [0.2, 0.25) is 0 Å². The van der Waals surface area contributed by atoms with E-state index in [4.69, 9.17) is 6.42 Å². The van der Waals surface area contributed by atoms with Crippen molar-refractivity contribution in [1.29, 1.82) is 0 Å². The summed E-state index contributed by atoms with van der Waals surface area (Å²) in [5.41, 5.74) is -0.971. The quantitative estimate of drug-likeness (QED) is 0.217. The summed E-state index contributed by atoms with van der Waals surface area (Å²) in [6, 6.07) is 0. The summed E-state index contributed by atoms with van der Waals surface area (Å²) in [5, 5.41) is 20.8. The molecule has 4 atom stereocenters. The molecular weight excluding hydrogens is 332 g/mol. The molecule has 0 saturated heterocycles. The highest BCUT2D eigenvalue weighted by Crippen LogP contribution is 2.25. The van der Waals surface area contributed by atoms with Gasteiger partial charge in [-0.05, 0) is 50.4 Å². The van der Waals surface area contributed by atoms with Gasteiger partial charge in [0.05, 0.1) is 11.7 Å². The van der Waals surface area contributed by atoms with Crippen LogP contribution in [-0.2, 0) is 0 Å². The molecule has 0 aromatic rings. The largest absolute Gasteiger partial charge is 0.390 e. The standard InChI is InChI=1S/C25H48O2/c1-7-8-9-10-19-24(26)25(6,27)20-13-18-23(5)17-12-16-22(4)15-11-14-21(2)3/h1,21-24,26-27H,8-20H2,2-6H3/t22-,23-,24?,25?/m1/s1. The lowest BCUT2D eigenvalue weighted by Crippen LogP contribution is -2.39. The molecule has 0 aromatic heterocycles. The van der Waals surface area contributed by atoms with Crippen molar-refractivity contribution < 1.29 is 10.2 Å². The molecule has 0 fully saturated rings. The average Bonchev–Trinajstić information content (AvgIpc) is 2.58. The summed E-state index contributed by atoms with van der Waals surface area (Å²) in [5.74, 6) is 5.00. The zero-order chi connectivity index (χ0) is 20.7. The van der Waals surface area contributed by atoms with E-state index in [-0.39, 0.29) is 0 Å². The van der Waals surface area contributed by atoms with E-state index in [1.54, 1.807) is 6.92 Å². The highest BCUT2D eigenvalue weighted by Gasteiger charge is 2.29. The summed E-state index contributed by atoms with van der Waals surface area (Å²) in [6.07, 6.45) is 18.7. The Morgan fingerprint density at radius 1 is 0.778 bits per heavy atom. The van der Waals surface area contributed by atoms with Crippen molar-refractivity contribution in [2.75, 3.05) is 0 Å². The van der Waals surface area contributed by atoms with Crippen molar-refractivity contribution in [3.63, 3.8) is 0 Å². The minimum absolute atomic E-state index is 0.638. The second-order valence-corrected chi connectivity index (χ2v) is 9.68. The summed E-state index contributed by atoms with van der Waals surface area (Å²) in [6.45, 7) is 11.1. The third-order valence-corrected chi connectivity index (χ3v) is 6.02. The van der Waals surface area contributed by atoms with E-state index in [2.05, 4.69) is 33.6 Å². The fourth-order valence-corrected chi connectivity index (χ4v) is 3.83. The molecule has 2 unspecified atom stereocenters. The third kappa shape index (κ3) is 15.1. The molecule has 0 spiro atoms. The molecule has 0 saturated carbocycles. The summed E-state index contributed by atoms with van der Waals surface area (Å²) in [7, 11) is 0. The second-order valence-electron chi connectivity index (χ2n) is 9.68. The van der Waals surface area contributed by atoms with Crippen molar-refractivity contribution in [3.05, 3.63) is 0 Å². The van der Waals surface area contributed by atoms with Gasteiger partial charge in [0.1, 0.15) is 0 Å². The average molecular weight is 381 g/mol. The van der Waals surface area contributed by atoms with Gasteiger partial charge in [0.2, 0.25) is 0 Å². The molecule has 2 nitrogen and oxygen atoms in total. The highest BCUT2D eigenvalue weighted by atomic mass is 16.3. The van der Waals surface area contributed by atoms with Gasteiger partial charge in [0.15, 0.2) is 0 Å². The van der Waals surface area contributed by atoms with Gasteiger partial charge in [-0.25, -0.2) is 0 Å². The Bertz CT molecular complexity index is 380. The van der Waals surface area contributed by atoms with Crippen molar-refractivity contribution >= 4 is 0 Å². The molecular formula is C25H48O2. The van der Waals surface area contributed by atoms with Crippen molar-refractivity contribution in [2.45, 2.75) is 130 Å². The van der Waals surface area contributed by atoms with Crippen LogP contribution in [-0.4, -0.2) is 21.9 Å². The third-order valence-electron chi connectivity index (χ3n) is 6.02. The number of aliphatic hydroxyl groups excluding tert-OH is 1. The van der Waals surface area contributed by atoms with E-state index in [1.807, 2.05) is 0 Å². The summed E-state index contributed by atoms with van der Waals surface area (Å²) < 4.78 is 0. The van der Waals surface area contributed by atoms with Gasteiger partial charge in [0, 0.05) is 6.42 Å². The van der Waals surface area contributed by atoms with Crippen molar-refractivity contribution in [2.24, 2.45) is 17.8 Å². The SMILES string of the molecule is C#CCCCCC(O)C(C)(O)CCC[C@H](C)CCC[C@H](C)CCCC(C)C. The normalized spacial score (nSPS) is 17.3. The lowest BCUT2D eigenvalue weighted by molar-refractivity contribution is -0.0724. The Morgan fingerprint density at radius 3 is 1.81 bits per heavy atom. The number of unbranched alkanes of at least 4 members (excludes halogenated alkanes) is 2. The van der Waals surface area contributed by atoms with Crippen LogP contribution in [0.4, 0.5) is 0 Å². The van der Waals surface area contributed by atoms with Gasteiger partial charge < -0.3 is 10.2 Å². The zero-order valence-electron chi connectivity index (χ0n) is 19.0. The maximum absolute atomic E-state index is 10.5. The van der Waals surface area contributed by atoms with Gasteiger partial charge in [-0.2, -0.15) is 0 Å². The van der Waals surface area contributed by atoms with Crippen LogP contribution in [0, 0.1) is 30.1 Å². The molecule has 0 aromatic carbocycles. The van der Waals surface area contributed by atoms with Crippen LogP contribution in [0.1, 0.15) is 118 Å². The molecule has 0 radical (unpaired) electrons. The zero-order valence-corrected chi connectivity index (χ0v) is 19.0. The first-order chi connectivity index (χ1) is 12.7. The Balaban J connectivity index is 3.81. The van der Waals surface area contributed by atoms with Gasteiger partial charge in [-0.1, -0.05) is 79.1 Å². The predicted octanol–water partition coefficient (Wildman–Crippen LogP) is 6.73. The van der Waals surface area contributed by atoms with Crippen LogP contribution in [0.15, 0.2) is 0 Å². The lowest BCUT2D eigenvalue weighted by Gasteiger charge is -2.29. The number of hydrogen-bond donors (Lipinski definition) is 2. The molecule has 0 rings (SSSR count). The van der Waals surface area contributed by atoms with Crippen LogP contribution >= 0.6 is 0 Å². The monoisotopic (exact) mass is 380 g/mol. The number of aliphatic hydroxyl groups is 2. The Morgan fingerprint density at radius 2 is 1.30 bits per heavy atom. The maximum Gasteiger partial charge on any atom is 0.0877 e. The molecule has 160 valence electrons. The van der Waals surface area contributed by atoms with Crippen LogP contribution in [0.3, 0.4) is 0 Å². The van der Waals surface area contributed by atoms with Gasteiger partial charge in [-0.3, -0.25) is 0 Å². The van der Waals surface area contributed by atoms with Crippen molar-refractivity contribution in [3.8, 4) is 12.3 Å². The molecule has 0 heterocycles. The lowest BCUT2D eigenvalue weighted by atomic mass is 9.87. The molecule has 27 heavy (non-hydrogen) atoms. The number of hydrogen-bond acceptors (Lipinski definition) is 2. The Kier molecular flexibility index (Phi) is 15.1.